The van der Waals surface area contributed by atoms with Crippen LogP contribution >= 0.6 is 0 Å². The molecule has 3 rings (SSSR count). The normalized spacial score (nSPS) is 10.3. The maximum Gasteiger partial charge on any atom is 0.337 e. The van der Waals surface area contributed by atoms with Crippen molar-refractivity contribution in [2.45, 2.75) is 13.5 Å². The van der Waals surface area contributed by atoms with E-state index in [1.165, 1.54) is 38.5 Å². The number of nitrogens with one attached hydrogen (secondary N) is 1. The summed E-state index contributed by atoms with van der Waals surface area (Å²) in [6.45, 7) is 2.12. The highest BCUT2D eigenvalue weighted by molar-refractivity contribution is 6.04. The first-order valence-corrected chi connectivity index (χ1v) is 9.31. The van der Waals surface area contributed by atoms with E-state index >= 15 is 0 Å². The van der Waals surface area contributed by atoms with Crippen molar-refractivity contribution < 1.29 is 33.0 Å². The number of benzene rings is 2. The molecule has 0 aliphatic rings. The van der Waals surface area contributed by atoms with Crippen molar-refractivity contribution >= 4 is 23.5 Å². The molecule has 8 nitrogen and oxygen atoms in total. The van der Waals surface area contributed by atoms with Crippen molar-refractivity contribution in [2.24, 2.45) is 0 Å². The molecule has 160 valence electrons. The zero-order chi connectivity index (χ0) is 22.4. The van der Waals surface area contributed by atoms with Gasteiger partial charge >= 0.3 is 11.9 Å². The fourth-order valence-corrected chi connectivity index (χ4v) is 2.80. The molecule has 0 aliphatic heterocycles. The summed E-state index contributed by atoms with van der Waals surface area (Å²) in [5.41, 5.74) is 1.46. The second-order valence-corrected chi connectivity index (χ2v) is 6.61. The molecule has 1 N–H and O–H groups in total. The van der Waals surface area contributed by atoms with Crippen molar-refractivity contribution in [2.75, 3.05) is 19.5 Å². The fourth-order valence-electron chi connectivity index (χ4n) is 2.80. The standard InChI is InChI=1S/C23H21NO7/c1-14-5-4-6-18(9-14)30-13-19-7-8-20(31-19)21(25)24-17-11-15(22(26)28-2)10-16(12-17)23(27)29-3/h4-12H,13H2,1-3H3,(H,24,25). The Balaban J connectivity index is 1.72. The molecule has 0 unspecified atom stereocenters. The van der Waals surface area contributed by atoms with Crippen molar-refractivity contribution in [3.8, 4) is 5.75 Å². The average Bonchev–Trinajstić information content (AvgIpc) is 3.25. The van der Waals surface area contributed by atoms with E-state index in [-0.39, 0.29) is 29.2 Å². The van der Waals surface area contributed by atoms with Gasteiger partial charge in [-0.3, -0.25) is 4.79 Å². The Morgan fingerprint density at radius 2 is 1.58 bits per heavy atom. The molecule has 0 spiro atoms. The lowest BCUT2D eigenvalue weighted by Crippen LogP contribution is -2.13. The van der Waals surface area contributed by atoms with Gasteiger partial charge in [0.2, 0.25) is 0 Å². The Kier molecular flexibility index (Phi) is 6.71. The minimum Gasteiger partial charge on any atom is -0.486 e. The molecule has 8 heteroatoms. The third kappa shape index (κ3) is 5.51. The highest BCUT2D eigenvalue weighted by atomic mass is 16.5. The summed E-state index contributed by atoms with van der Waals surface area (Å²) < 4.78 is 20.6. The molecular formula is C23H21NO7. The van der Waals surface area contributed by atoms with Gasteiger partial charge in [-0.15, -0.1) is 0 Å². The van der Waals surface area contributed by atoms with Crippen LogP contribution in [-0.2, 0) is 16.1 Å². The average molecular weight is 423 g/mol. The minimum atomic E-state index is -0.658. The Bertz CT molecular complexity index is 1080. The van der Waals surface area contributed by atoms with Crippen LogP contribution in [0.3, 0.4) is 0 Å². The summed E-state index contributed by atoms with van der Waals surface area (Å²) in [4.78, 5) is 36.3. The van der Waals surface area contributed by atoms with Crippen LogP contribution in [0.25, 0.3) is 0 Å². The molecule has 0 atom stereocenters. The highest BCUT2D eigenvalue weighted by Crippen LogP contribution is 2.20. The number of anilines is 1. The van der Waals surface area contributed by atoms with E-state index in [1.54, 1.807) is 6.07 Å². The van der Waals surface area contributed by atoms with Gasteiger partial charge in [0.1, 0.15) is 18.1 Å². The molecule has 1 aromatic heterocycles. The number of ether oxygens (including phenoxy) is 3. The number of methoxy groups -OCH3 is 2. The van der Waals surface area contributed by atoms with Crippen LogP contribution in [0.4, 0.5) is 5.69 Å². The van der Waals surface area contributed by atoms with Crippen molar-refractivity contribution in [1.82, 2.24) is 0 Å². The van der Waals surface area contributed by atoms with Gasteiger partial charge in [0, 0.05) is 5.69 Å². The van der Waals surface area contributed by atoms with Crippen LogP contribution in [0.15, 0.2) is 59.0 Å². The summed E-state index contributed by atoms with van der Waals surface area (Å²) in [5.74, 6) is -0.669. The fraction of sp³-hybridized carbons (Fsp3) is 0.174. The number of esters is 2. The van der Waals surface area contributed by atoms with Gasteiger partial charge in [-0.05, 0) is 55.0 Å². The molecule has 2 aromatic carbocycles. The quantitative estimate of drug-likeness (QED) is 0.573. The molecule has 1 heterocycles. The number of furan rings is 1. The van der Waals surface area contributed by atoms with Gasteiger partial charge in [-0.2, -0.15) is 0 Å². The van der Waals surface area contributed by atoms with Crippen LogP contribution in [0.5, 0.6) is 5.75 Å². The molecule has 0 saturated heterocycles. The maximum atomic E-state index is 12.6. The SMILES string of the molecule is COC(=O)c1cc(NC(=O)c2ccc(COc3cccc(C)c3)o2)cc(C(=O)OC)c1. The van der Waals surface area contributed by atoms with E-state index in [9.17, 15) is 14.4 Å². The Morgan fingerprint density at radius 1 is 0.903 bits per heavy atom. The van der Waals surface area contributed by atoms with Gasteiger partial charge in [0.05, 0.1) is 25.3 Å². The van der Waals surface area contributed by atoms with E-state index in [1.807, 2.05) is 31.2 Å². The Morgan fingerprint density at radius 3 is 2.19 bits per heavy atom. The number of carbonyl (C=O) groups is 3. The lowest BCUT2D eigenvalue weighted by atomic mass is 10.1. The molecule has 31 heavy (non-hydrogen) atoms. The summed E-state index contributed by atoms with van der Waals surface area (Å²) in [7, 11) is 2.43. The predicted molar refractivity (Wildman–Crippen MR) is 111 cm³/mol. The minimum absolute atomic E-state index is 0.0472. The van der Waals surface area contributed by atoms with Crippen LogP contribution in [0.2, 0.25) is 0 Å². The third-order valence-electron chi connectivity index (χ3n) is 4.29. The van der Waals surface area contributed by atoms with E-state index in [0.29, 0.717) is 11.5 Å². The molecular weight excluding hydrogens is 402 g/mol. The largest absolute Gasteiger partial charge is 0.486 e. The van der Waals surface area contributed by atoms with Gasteiger partial charge in [0.15, 0.2) is 5.76 Å². The second-order valence-electron chi connectivity index (χ2n) is 6.61. The van der Waals surface area contributed by atoms with E-state index in [2.05, 4.69) is 14.8 Å². The molecule has 0 bridgehead atoms. The molecule has 0 fully saturated rings. The summed E-state index contributed by atoms with van der Waals surface area (Å²) >= 11 is 0. The molecule has 0 aliphatic carbocycles. The first kappa shape index (κ1) is 21.6. The number of hydrogen-bond acceptors (Lipinski definition) is 7. The summed E-state index contributed by atoms with van der Waals surface area (Å²) in [6.07, 6.45) is 0. The van der Waals surface area contributed by atoms with Gasteiger partial charge in [-0.25, -0.2) is 9.59 Å². The van der Waals surface area contributed by atoms with Gasteiger partial charge < -0.3 is 23.9 Å². The van der Waals surface area contributed by atoms with E-state index < -0.39 is 17.8 Å². The van der Waals surface area contributed by atoms with E-state index in [0.717, 1.165) is 5.56 Å². The Hall–Kier alpha value is -4.07. The van der Waals surface area contributed by atoms with Crippen molar-refractivity contribution in [1.29, 1.82) is 0 Å². The smallest absolute Gasteiger partial charge is 0.337 e. The van der Waals surface area contributed by atoms with Crippen LogP contribution in [0.1, 0.15) is 42.6 Å². The monoisotopic (exact) mass is 423 g/mol. The van der Waals surface area contributed by atoms with Crippen LogP contribution < -0.4 is 10.1 Å². The van der Waals surface area contributed by atoms with Crippen molar-refractivity contribution in [3.63, 3.8) is 0 Å². The predicted octanol–water partition coefficient (Wildman–Crippen LogP) is 3.99. The molecule has 1 amide bonds. The zero-order valence-corrected chi connectivity index (χ0v) is 17.3. The number of aryl methyl sites for hydroxylation is 1. The van der Waals surface area contributed by atoms with Crippen molar-refractivity contribution in [3.05, 3.63) is 82.8 Å². The van der Waals surface area contributed by atoms with Gasteiger partial charge in [-0.1, -0.05) is 12.1 Å². The lowest BCUT2D eigenvalue weighted by molar-refractivity contribution is 0.0599. The number of hydrogen-bond donors (Lipinski definition) is 1. The number of carbonyl (C=O) groups excluding carboxylic acids is 3. The highest BCUT2D eigenvalue weighted by Gasteiger charge is 2.17. The topological polar surface area (TPSA) is 104 Å². The first-order chi connectivity index (χ1) is 14.9. The lowest BCUT2D eigenvalue weighted by Gasteiger charge is -2.09. The number of rotatable bonds is 7. The first-order valence-electron chi connectivity index (χ1n) is 9.31. The van der Waals surface area contributed by atoms with Gasteiger partial charge in [0.25, 0.3) is 5.91 Å². The Labute approximate surface area is 178 Å². The second kappa shape index (κ2) is 9.62. The molecule has 0 radical (unpaired) electrons. The van der Waals surface area contributed by atoms with Crippen LogP contribution in [-0.4, -0.2) is 32.1 Å². The molecule has 0 saturated carbocycles. The summed E-state index contributed by atoms with van der Waals surface area (Å²) in [6, 6.07) is 14.8. The zero-order valence-electron chi connectivity index (χ0n) is 17.3. The van der Waals surface area contributed by atoms with E-state index in [4.69, 9.17) is 9.15 Å². The molecule has 3 aromatic rings. The maximum absolute atomic E-state index is 12.6. The summed E-state index contributed by atoms with van der Waals surface area (Å²) in [5, 5.41) is 2.60. The van der Waals surface area contributed by atoms with Crippen LogP contribution in [0, 0.1) is 6.92 Å². The third-order valence-corrected chi connectivity index (χ3v) is 4.29. The number of amides is 1.